The average Bonchev–Trinajstić information content (AvgIpc) is 2.72. The Kier molecular flexibility index (Phi) is 6.86. The highest BCUT2D eigenvalue weighted by molar-refractivity contribution is 7.98. The third-order valence-electron chi connectivity index (χ3n) is 4.06. The number of carbonyl (C=O) groups is 2. The molecule has 28 heavy (non-hydrogen) atoms. The Morgan fingerprint density at radius 1 is 1.07 bits per heavy atom. The SMILES string of the molecule is O=C(NC(CSCc1cccc2cccnc12)C(=O)O)OCc1ccccc1. The predicted molar refractivity (Wildman–Crippen MR) is 109 cm³/mol. The summed E-state index contributed by atoms with van der Waals surface area (Å²) in [6.45, 7) is 0.0911. The minimum Gasteiger partial charge on any atom is -0.480 e. The molecule has 1 aromatic heterocycles. The summed E-state index contributed by atoms with van der Waals surface area (Å²) >= 11 is 1.42. The molecule has 0 fully saturated rings. The number of para-hydroxylation sites is 1. The first-order valence-corrected chi connectivity index (χ1v) is 9.89. The molecule has 3 aromatic rings. The lowest BCUT2D eigenvalue weighted by atomic mass is 10.1. The molecule has 0 bridgehead atoms. The normalized spacial score (nSPS) is 11.7. The maximum Gasteiger partial charge on any atom is 0.408 e. The van der Waals surface area contributed by atoms with Crippen molar-refractivity contribution in [2.24, 2.45) is 0 Å². The predicted octanol–water partition coefficient (Wildman–Crippen LogP) is 3.85. The second kappa shape index (κ2) is 9.75. The molecule has 1 heterocycles. The van der Waals surface area contributed by atoms with Crippen LogP contribution < -0.4 is 5.32 Å². The van der Waals surface area contributed by atoms with Crippen LogP contribution in [0.25, 0.3) is 10.9 Å². The minimum atomic E-state index is -1.10. The summed E-state index contributed by atoms with van der Waals surface area (Å²) in [6.07, 6.45) is 0.990. The number of hydrogen-bond acceptors (Lipinski definition) is 5. The van der Waals surface area contributed by atoms with E-state index in [-0.39, 0.29) is 12.4 Å². The van der Waals surface area contributed by atoms with Crippen molar-refractivity contribution in [3.8, 4) is 0 Å². The summed E-state index contributed by atoms with van der Waals surface area (Å²) in [7, 11) is 0. The smallest absolute Gasteiger partial charge is 0.408 e. The van der Waals surface area contributed by atoms with Crippen LogP contribution in [-0.4, -0.2) is 33.9 Å². The van der Waals surface area contributed by atoms with Crippen molar-refractivity contribution in [1.82, 2.24) is 10.3 Å². The summed E-state index contributed by atoms with van der Waals surface area (Å²) in [5, 5.41) is 12.8. The van der Waals surface area contributed by atoms with Gasteiger partial charge in [-0.2, -0.15) is 11.8 Å². The zero-order chi connectivity index (χ0) is 19.8. The number of carboxylic acid groups (broad SMARTS) is 1. The van der Waals surface area contributed by atoms with E-state index in [0.717, 1.165) is 22.0 Å². The second-order valence-corrected chi connectivity index (χ2v) is 7.13. The van der Waals surface area contributed by atoms with Gasteiger partial charge in [-0.1, -0.05) is 54.6 Å². The third-order valence-corrected chi connectivity index (χ3v) is 5.15. The van der Waals surface area contributed by atoms with E-state index in [4.69, 9.17) is 4.74 Å². The van der Waals surface area contributed by atoms with Crippen LogP contribution in [0.5, 0.6) is 0 Å². The molecule has 0 saturated carbocycles. The topological polar surface area (TPSA) is 88.5 Å². The van der Waals surface area contributed by atoms with Crippen LogP contribution in [0.2, 0.25) is 0 Å². The van der Waals surface area contributed by atoms with Crippen LogP contribution in [0.15, 0.2) is 66.9 Å². The molecule has 1 unspecified atom stereocenters. The highest BCUT2D eigenvalue weighted by atomic mass is 32.2. The first-order valence-electron chi connectivity index (χ1n) is 8.74. The summed E-state index contributed by atoms with van der Waals surface area (Å²) in [4.78, 5) is 27.8. The lowest BCUT2D eigenvalue weighted by Crippen LogP contribution is -2.42. The molecular formula is C21H20N2O4S. The van der Waals surface area contributed by atoms with Gasteiger partial charge in [0.25, 0.3) is 0 Å². The molecule has 3 rings (SSSR count). The minimum absolute atomic E-state index is 0.0911. The Bertz CT molecular complexity index is 944. The van der Waals surface area contributed by atoms with Gasteiger partial charge in [-0.3, -0.25) is 4.98 Å². The fraction of sp³-hybridized carbons (Fsp3) is 0.190. The van der Waals surface area contributed by atoms with Gasteiger partial charge in [0.15, 0.2) is 0 Å². The molecular weight excluding hydrogens is 376 g/mol. The highest BCUT2D eigenvalue weighted by Gasteiger charge is 2.21. The molecule has 0 spiro atoms. The number of ether oxygens (including phenoxy) is 1. The van der Waals surface area contributed by atoms with Crippen molar-refractivity contribution < 1.29 is 19.4 Å². The Morgan fingerprint density at radius 2 is 1.86 bits per heavy atom. The number of aliphatic carboxylic acids is 1. The number of fused-ring (bicyclic) bond motifs is 1. The van der Waals surface area contributed by atoms with Gasteiger partial charge < -0.3 is 15.2 Å². The van der Waals surface area contributed by atoms with Crippen LogP contribution in [0.3, 0.4) is 0 Å². The number of alkyl carbamates (subject to hydrolysis) is 1. The maximum absolute atomic E-state index is 11.9. The molecule has 144 valence electrons. The Labute approximate surface area is 166 Å². The number of thioether (sulfide) groups is 1. The van der Waals surface area contributed by atoms with Crippen molar-refractivity contribution in [1.29, 1.82) is 0 Å². The van der Waals surface area contributed by atoms with Gasteiger partial charge in [0.05, 0.1) is 5.52 Å². The van der Waals surface area contributed by atoms with Gasteiger partial charge in [-0.25, -0.2) is 9.59 Å². The number of rotatable bonds is 8. The maximum atomic E-state index is 11.9. The number of benzene rings is 2. The molecule has 1 amide bonds. The van der Waals surface area contributed by atoms with Crippen LogP contribution in [0.1, 0.15) is 11.1 Å². The molecule has 6 nitrogen and oxygen atoms in total. The number of carboxylic acids is 1. The lowest BCUT2D eigenvalue weighted by Gasteiger charge is -2.14. The van der Waals surface area contributed by atoms with E-state index in [1.54, 1.807) is 6.20 Å². The van der Waals surface area contributed by atoms with Gasteiger partial charge in [-0.15, -0.1) is 0 Å². The van der Waals surface area contributed by atoms with E-state index in [1.807, 2.05) is 60.7 Å². The zero-order valence-corrected chi connectivity index (χ0v) is 15.9. The van der Waals surface area contributed by atoms with E-state index in [9.17, 15) is 14.7 Å². The van der Waals surface area contributed by atoms with E-state index in [0.29, 0.717) is 5.75 Å². The molecule has 0 radical (unpaired) electrons. The molecule has 0 aliphatic carbocycles. The first-order chi connectivity index (χ1) is 13.6. The quantitative estimate of drug-likeness (QED) is 0.601. The monoisotopic (exact) mass is 396 g/mol. The number of nitrogens with zero attached hydrogens (tertiary/aromatic N) is 1. The fourth-order valence-corrected chi connectivity index (χ4v) is 3.68. The number of hydrogen-bond donors (Lipinski definition) is 2. The summed E-state index contributed by atoms with van der Waals surface area (Å²) in [6, 6.07) is 18.0. The molecule has 1 atom stereocenters. The summed E-state index contributed by atoms with van der Waals surface area (Å²) in [5.74, 6) is -0.280. The standard InChI is InChI=1S/C21H20N2O4S/c24-20(25)18(23-21(26)27-12-15-6-2-1-3-7-15)14-28-13-17-9-4-8-16-10-5-11-22-19(16)17/h1-11,18H,12-14H2,(H,23,26)(H,24,25). The Balaban J connectivity index is 1.51. The van der Waals surface area contributed by atoms with E-state index in [1.165, 1.54) is 11.8 Å². The third kappa shape index (κ3) is 5.47. The van der Waals surface area contributed by atoms with Crippen LogP contribution >= 0.6 is 11.8 Å². The fourth-order valence-electron chi connectivity index (χ4n) is 2.65. The number of amides is 1. The van der Waals surface area contributed by atoms with Crippen molar-refractivity contribution in [3.05, 3.63) is 78.0 Å². The van der Waals surface area contributed by atoms with Crippen LogP contribution in [-0.2, 0) is 21.9 Å². The van der Waals surface area contributed by atoms with Gasteiger partial charge in [0.1, 0.15) is 12.6 Å². The van der Waals surface area contributed by atoms with Gasteiger partial charge in [0, 0.05) is 23.1 Å². The largest absolute Gasteiger partial charge is 0.480 e. The van der Waals surface area contributed by atoms with Crippen LogP contribution in [0.4, 0.5) is 4.79 Å². The lowest BCUT2D eigenvalue weighted by molar-refractivity contribution is -0.138. The van der Waals surface area contributed by atoms with E-state index >= 15 is 0 Å². The molecule has 0 aliphatic rings. The number of aromatic nitrogens is 1. The highest BCUT2D eigenvalue weighted by Crippen LogP contribution is 2.21. The Morgan fingerprint density at radius 3 is 2.64 bits per heavy atom. The molecule has 7 heteroatoms. The molecule has 0 aliphatic heterocycles. The van der Waals surface area contributed by atoms with Crippen molar-refractivity contribution in [2.45, 2.75) is 18.4 Å². The van der Waals surface area contributed by atoms with Crippen molar-refractivity contribution >= 4 is 34.7 Å². The molecule has 2 N–H and O–H groups in total. The number of carbonyl (C=O) groups excluding carboxylic acids is 1. The molecule has 0 saturated heterocycles. The van der Waals surface area contributed by atoms with Gasteiger partial charge >= 0.3 is 12.1 Å². The molecule has 2 aromatic carbocycles. The summed E-state index contributed by atoms with van der Waals surface area (Å²) < 4.78 is 5.10. The van der Waals surface area contributed by atoms with E-state index < -0.39 is 18.1 Å². The van der Waals surface area contributed by atoms with Gasteiger partial charge in [0.2, 0.25) is 0 Å². The summed E-state index contributed by atoms with van der Waals surface area (Å²) in [5.41, 5.74) is 2.76. The second-order valence-electron chi connectivity index (χ2n) is 6.10. The van der Waals surface area contributed by atoms with Crippen LogP contribution in [0, 0.1) is 0 Å². The van der Waals surface area contributed by atoms with Crippen molar-refractivity contribution in [2.75, 3.05) is 5.75 Å². The van der Waals surface area contributed by atoms with E-state index in [2.05, 4.69) is 10.3 Å². The Hall–Kier alpha value is -3.06. The average molecular weight is 396 g/mol. The number of nitrogens with one attached hydrogen (secondary N) is 1. The van der Waals surface area contributed by atoms with Crippen molar-refractivity contribution in [3.63, 3.8) is 0 Å². The first kappa shape index (κ1) is 19.7. The number of pyridine rings is 1. The zero-order valence-electron chi connectivity index (χ0n) is 15.1. The van der Waals surface area contributed by atoms with Gasteiger partial charge in [-0.05, 0) is 17.2 Å².